The minimum absolute atomic E-state index is 0.196. The molecule has 1 aromatic rings. The van der Waals surface area contributed by atoms with Gasteiger partial charge in [-0.15, -0.1) is 0 Å². The van der Waals surface area contributed by atoms with E-state index in [1.807, 2.05) is 0 Å². The van der Waals surface area contributed by atoms with Crippen molar-refractivity contribution in [1.29, 1.82) is 0 Å². The van der Waals surface area contributed by atoms with E-state index in [0.717, 1.165) is 19.3 Å². The van der Waals surface area contributed by atoms with Crippen LogP contribution < -0.4 is 10.1 Å². The van der Waals surface area contributed by atoms with Gasteiger partial charge in [0.15, 0.2) is 0 Å². The number of amides is 1. The maximum absolute atomic E-state index is 13.2. The predicted molar refractivity (Wildman–Crippen MR) is 109 cm³/mol. The van der Waals surface area contributed by atoms with E-state index in [4.69, 9.17) is 4.74 Å². The van der Waals surface area contributed by atoms with E-state index in [1.165, 1.54) is 35.9 Å². The fraction of sp³-hybridized carbons (Fsp3) is 0.571. The van der Waals surface area contributed by atoms with Crippen LogP contribution >= 0.6 is 0 Å². The summed E-state index contributed by atoms with van der Waals surface area (Å²) in [5.41, 5.74) is 2.05. The Hall–Kier alpha value is -1.86. The zero-order valence-electron chi connectivity index (χ0n) is 16.7. The van der Waals surface area contributed by atoms with E-state index in [1.54, 1.807) is 19.1 Å². The second kappa shape index (κ2) is 9.09. The maximum Gasteiger partial charge on any atom is 0.244 e. The van der Waals surface area contributed by atoms with Crippen molar-refractivity contribution < 1.29 is 17.9 Å². The van der Waals surface area contributed by atoms with Gasteiger partial charge in [-0.05, 0) is 63.5 Å². The summed E-state index contributed by atoms with van der Waals surface area (Å²) in [6.45, 7) is 2.69. The summed E-state index contributed by atoms with van der Waals surface area (Å²) < 4.78 is 33.0. The van der Waals surface area contributed by atoms with Crippen LogP contribution in [0.15, 0.2) is 34.7 Å². The van der Waals surface area contributed by atoms with Crippen LogP contribution in [0.5, 0.6) is 5.75 Å². The first-order chi connectivity index (χ1) is 13.4. The number of aryl methyl sites for hydroxylation is 1. The van der Waals surface area contributed by atoms with E-state index in [2.05, 4.69) is 11.4 Å². The van der Waals surface area contributed by atoms with Crippen molar-refractivity contribution in [1.82, 2.24) is 9.62 Å². The third-order valence-corrected chi connectivity index (χ3v) is 7.67. The SMILES string of the molecule is COc1ccc(C)c(S(=O)(=O)N2CCC[C@@H]2C(=O)NCCC2=CCCCC2)c1. The van der Waals surface area contributed by atoms with Gasteiger partial charge in [0.2, 0.25) is 15.9 Å². The lowest BCUT2D eigenvalue weighted by Gasteiger charge is -2.24. The van der Waals surface area contributed by atoms with Crippen LogP contribution in [0.4, 0.5) is 0 Å². The Morgan fingerprint density at radius 2 is 2.11 bits per heavy atom. The number of hydrogen-bond donors (Lipinski definition) is 1. The smallest absolute Gasteiger partial charge is 0.244 e. The lowest BCUT2D eigenvalue weighted by atomic mass is 9.97. The summed E-state index contributed by atoms with van der Waals surface area (Å²) in [5.74, 6) is 0.295. The molecule has 1 saturated heterocycles. The summed E-state index contributed by atoms with van der Waals surface area (Å²) in [7, 11) is -2.25. The molecule has 0 aromatic heterocycles. The molecule has 1 fully saturated rings. The molecule has 7 heteroatoms. The molecule has 1 atom stereocenters. The Bertz CT molecular complexity index is 848. The average Bonchev–Trinajstić information content (AvgIpc) is 3.20. The Balaban J connectivity index is 1.69. The highest BCUT2D eigenvalue weighted by Crippen LogP contribution is 2.30. The first-order valence-corrected chi connectivity index (χ1v) is 11.5. The minimum atomic E-state index is -3.76. The van der Waals surface area contributed by atoms with Crippen LogP contribution in [0.3, 0.4) is 0 Å². The molecule has 154 valence electrons. The molecule has 0 saturated carbocycles. The fourth-order valence-electron chi connectivity index (χ4n) is 4.00. The summed E-state index contributed by atoms with van der Waals surface area (Å²) >= 11 is 0. The van der Waals surface area contributed by atoms with Crippen molar-refractivity contribution in [2.24, 2.45) is 0 Å². The highest BCUT2D eigenvalue weighted by Gasteiger charge is 2.40. The predicted octanol–water partition coefficient (Wildman–Crippen LogP) is 3.16. The van der Waals surface area contributed by atoms with Crippen molar-refractivity contribution in [2.75, 3.05) is 20.2 Å². The number of ether oxygens (including phenoxy) is 1. The topological polar surface area (TPSA) is 75.7 Å². The van der Waals surface area contributed by atoms with Crippen molar-refractivity contribution in [3.8, 4) is 5.75 Å². The fourth-order valence-corrected chi connectivity index (χ4v) is 5.90. The van der Waals surface area contributed by atoms with Gasteiger partial charge in [0.05, 0.1) is 12.0 Å². The van der Waals surface area contributed by atoms with Crippen molar-refractivity contribution in [2.45, 2.75) is 62.8 Å². The van der Waals surface area contributed by atoms with E-state index >= 15 is 0 Å². The zero-order chi connectivity index (χ0) is 20.1. The number of carbonyl (C=O) groups excluding carboxylic acids is 1. The van der Waals surface area contributed by atoms with Gasteiger partial charge < -0.3 is 10.1 Å². The zero-order valence-corrected chi connectivity index (χ0v) is 17.6. The van der Waals surface area contributed by atoms with Gasteiger partial charge in [0, 0.05) is 19.2 Å². The lowest BCUT2D eigenvalue weighted by molar-refractivity contribution is -0.124. The second-order valence-corrected chi connectivity index (χ2v) is 9.41. The van der Waals surface area contributed by atoms with Gasteiger partial charge in [-0.25, -0.2) is 8.42 Å². The second-order valence-electron chi connectivity index (χ2n) is 7.55. The standard InChI is InChI=1S/C21H30N2O4S/c1-16-10-11-18(27-2)15-20(16)28(25,26)23-14-6-9-19(23)21(24)22-13-12-17-7-4-3-5-8-17/h7,10-11,15,19H,3-6,8-9,12-14H2,1-2H3,(H,22,24)/t19-/m1/s1. The van der Waals surface area contributed by atoms with Gasteiger partial charge in [0.25, 0.3) is 0 Å². The molecule has 1 heterocycles. The number of carbonyl (C=O) groups is 1. The number of allylic oxidation sites excluding steroid dienone is 1. The number of sulfonamides is 1. The van der Waals surface area contributed by atoms with Crippen molar-refractivity contribution in [3.63, 3.8) is 0 Å². The average molecular weight is 407 g/mol. The molecule has 1 aliphatic heterocycles. The molecule has 0 bridgehead atoms. The molecule has 28 heavy (non-hydrogen) atoms. The molecule has 1 N–H and O–H groups in total. The van der Waals surface area contributed by atoms with E-state index in [-0.39, 0.29) is 10.8 Å². The highest BCUT2D eigenvalue weighted by molar-refractivity contribution is 7.89. The van der Waals surface area contributed by atoms with Gasteiger partial charge in [-0.3, -0.25) is 4.79 Å². The Labute approximate surface area is 168 Å². The summed E-state index contributed by atoms with van der Waals surface area (Å²) in [6.07, 6.45) is 9.05. The maximum atomic E-state index is 13.2. The molecule has 0 unspecified atom stereocenters. The van der Waals surface area contributed by atoms with Crippen LogP contribution in [-0.2, 0) is 14.8 Å². The molecule has 2 aliphatic rings. The van der Waals surface area contributed by atoms with Gasteiger partial charge in [-0.1, -0.05) is 17.7 Å². The number of nitrogens with zero attached hydrogens (tertiary/aromatic N) is 1. The van der Waals surface area contributed by atoms with Crippen LogP contribution in [0.25, 0.3) is 0 Å². The normalized spacial score (nSPS) is 20.6. The van der Waals surface area contributed by atoms with E-state index in [0.29, 0.717) is 37.2 Å². The Morgan fingerprint density at radius 1 is 1.29 bits per heavy atom. The number of hydrogen-bond acceptors (Lipinski definition) is 4. The van der Waals surface area contributed by atoms with Crippen molar-refractivity contribution in [3.05, 3.63) is 35.4 Å². The number of nitrogens with one attached hydrogen (secondary N) is 1. The molecular weight excluding hydrogens is 376 g/mol. The number of benzene rings is 1. The van der Waals surface area contributed by atoms with Gasteiger partial charge >= 0.3 is 0 Å². The third-order valence-electron chi connectivity index (χ3n) is 5.62. The molecule has 6 nitrogen and oxygen atoms in total. The van der Waals surface area contributed by atoms with Crippen LogP contribution in [-0.4, -0.2) is 44.9 Å². The molecular formula is C21H30N2O4S. The van der Waals surface area contributed by atoms with Crippen LogP contribution in [0, 0.1) is 6.92 Å². The summed E-state index contributed by atoms with van der Waals surface area (Å²) in [6, 6.07) is 4.36. The monoisotopic (exact) mass is 406 g/mol. The molecule has 1 aliphatic carbocycles. The summed E-state index contributed by atoms with van der Waals surface area (Å²) in [5, 5.41) is 2.95. The van der Waals surface area contributed by atoms with E-state index in [9.17, 15) is 13.2 Å². The molecule has 3 rings (SSSR count). The van der Waals surface area contributed by atoms with Crippen LogP contribution in [0.1, 0.15) is 50.5 Å². The van der Waals surface area contributed by atoms with Crippen LogP contribution in [0.2, 0.25) is 0 Å². The highest BCUT2D eigenvalue weighted by atomic mass is 32.2. The quantitative estimate of drug-likeness (QED) is 0.706. The largest absolute Gasteiger partial charge is 0.497 e. The number of rotatable bonds is 7. The first-order valence-electron chi connectivity index (χ1n) is 10.1. The minimum Gasteiger partial charge on any atom is -0.497 e. The Morgan fingerprint density at radius 3 is 2.82 bits per heavy atom. The lowest BCUT2D eigenvalue weighted by Crippen LogP contribution is -2.46. The summed E-state index contributed by atoms with van der Waals surface area (Å²) in [4.78, 5) is 12.9. The third kappa shape index (κ3) is 4.58. The molecule has 1 amide bonds. The van der Waals surface area contributed by atoms with Gasteiger partial charge in [0.1, 0.15) is 11.8 Å². The first kappa shape index (κ1) is 20.9. The van der Waals surface area contributed by atoms with E-state index < -0.39 is 16.1 Å². The molecule has 0 spiro atoms. The molecule has 1 aromatic carbocycles. The van der Waals surface area contributed by atoms with Crippen molar-refractivity contribution >= 4 is 15.9 Å². The van der Waals surface area contributed by atoms with Gasteiger partial charge in [-0.2, -0.15) is 4.31 Å². The molecule has 0 radical (unpaired) electrons. The Kier molecular flexibility index (Phi) is 6.78. The number of methoxy groups -OCH3 is 1.